The Morgan fingerprint density at radius 3 is 2.48 bits per heavy atom. The molecular formula is C17H17BrNO3S. The molecule has 1 heterocycles. The maximum Gasteiger partial charge on any atom is 0.264 e. The van der Waals surface area contributed by atoms with Gasteiger partial charge in [0.15, 0.2) is 5.75 Å². The number of benzene rings is 2. The molecule has 0 saturated heterocycles. The third kappa shape index (κ3) is 2.64. The molecule has 0 aromatic heterocycles. The molecule has 23 heavy (non-hydrogen) atoms. The molecule has 0 unspecified atom stereocenters. The van der Waals surface area contributed by atoms with Gasteiger partial charge in [-0.1, -0.05) is 29.8 Å². The average molecular weight is 395 g/mol. The van der Waals surface area contributed by atoms with Crippen molar-refractivity contribution in [3.05, 3.63) is 52.0 Å². The van der Waals surface area contributed by atoms with Crippen molar-refractivity contribution in [2.45, 2.75) is 31.1 Å². The summed E-state index contributed by atoms with van der Waals surface area (Å²) in [5.74, 6) is -0.157. The molecule has 2 aromatic rings. The first-order valence-corrected chi connectivity index (χ1v) is 9.47. The van der Waals surface area contributed by atoms with Gasteiger partial charge in [-0.15, -0.1) is 0 Å². The van der Waals surface area contributed by atoms with E-state index in [1.165, 1.54) is 22.5 Å². The second-order valence-corrected chi connectivity index (χ2v) is 9.26. The van der Waals surface area contributed by atoms with Crippen LogP contribution in [0.1, 0.15) is 25.0 Å². The molecule has 0 amide bonds. The van der Waals surface area contributed by atoms with E-state index in [1.807, 2.05) is 32.0 Å². The van der Waals surface area contributed by atoms with Crippen molar-refractivity contribution in [2.75, 3.05) is 10.8 Å². The minimum absolute atomic E-state index is 0.154. The molecular weight excluding hydrogens is 378 g/mol. The number of rotatable bonds is 2. The van der Waals surface area contributed by atoms with Crippen LogP contribution in [-0.2, 0) is 20.5 Å². The van der Waals surface area contributed by atoms with E-state index >= 15 is 0 Å². The second-order valence-electron chi connectivity index (χ2n) is 6.48. The van der Waals surface area contributed by atoms with Crippen LogP contribution in [0, 0.1) is 6.92 Å². The van der Waals surface area contributed by atoms with Crippen LogP contribution in [0.2, 0.25) is 0 Å². The van der Waals surface area contributed by atoms with Gasteiger partial charge >= 0.3 is 0 Å². The highest BCUT2D eigenvalue weighted by Crippen LogP contribution is 2.44. The fourth-order valence-corrected chi connectivity index (χ4v) is 5.01. The van der Waals surface area contributed by atoms with Gasteiger partial charge < -0.3 is 0 Å². The van der Waals surface area contributed by atoms with Crippen LogP contribution in [0.25, 0.3) is 0 Å². The number of fused-ring (bicyclic) bond motifs is 1. The summed E-state index contributed by atoms with van der Waals surface area (Å²) in [6, 6.07) is 9.77. The lowest BCUT2D eigenvalue weighted by Crippen LogP contribution is -2.34. The number of nitrogens with zero attached hydrogens (tertiary/aromatic N) is 1. The van der Waals surface area contributed by atoms with Gasteiger partial charge in [0.1, 0.15) is 0 Å². The third-order valence-corrected chi connectivity index (χ3v) is 6.48. The molecule has 0 spiro atoms. The van der Waals surface area contributed by atoms with Crippen LogP contribution in [-0.4, -0.2) is 15.0 Å². The van der Waals surface area contributed by atoms with Gasteiger partial charge in [0.2, 0.25) is 0 Å². The van der Waals surface area contributed by atoms with Crippen LogP contribution >= 0.6 is 15.9 Å². The zero-order valence-corrected chi connectivity index (χ0v) is 15.5. The Morgan fingerprint density at radius 2 is 1.83 bits per heavy atom. The van der Waals surface area contributed by atoms with E-state index in [9.17, 15) is 13.5 Å². The van der Waals surface area contributed by atoms with Gasteiger partial charge in [-0.05, 0) is 54.4 Å². The normalized spacial score (nSPS) is 16.4. The Balaban J connectivity index is 2.14. The zero-order valence-electron chi connectivity index (χ0n) is 13.1. The summed E-state index contributed by atoms with van der Waals surface area (Å²) >= 11 is 3.45. The number of halogens is 1. The van der Waals surface area contributed by atoms with Crippen molar-refractivity contribution < 1.29 is 13.5 Å². The van der Waals surface area contributed by atoms with Gasteiger partial charge in [-0.25, -0.2) is 8.42 Å². The van der Waals surface area contributed by atoms with Crippen LogP contribution in [0.4, 0.5) is 5.69 Å². The summed E-state index contributed by atoms with van der Waals surface area (Å²) in [5, 5.41) is 11.5. The Bertz CT molecular complexity index is 891. The minimum atomic E-state index is -3.70. The van der Waals surface area contributed by atoms with E-state index < -0.39 is 10.0 Å². The third-order valence-electron chi connectivity index (χ3n) is 4.23. The van der Waals surface area contributed by atoms with Crippen molar-refractivity contribution in [3.8, 4) is 5.75 Å². The molecule has 121 valence electrons. The quantitative estimate of drug-likeness (QED) is 0.758. The monoisotopic (exact) mass is 394 g/mol. The first-order chi connectivity index (χ1) is 10.6. The number of hydrogen-bond donors (Lipinski definition) is 0. The number of anilines is 1. The minimum Gasteiger partial charge on any atom is -0.290 e. The Kier molecular flexibility index (Phi) is 3.72. The Hall–Kier alpha value is -1.53. The van der Waals surface area contributed by atoms with E-state index in [2.05, 4.69) is 15.9 Å². The predicted molar refractivity (Wildman–Crippen MR) is 93.0 cm³/mol. The average Bonchev–Trinajstić information content (AvgIpc) is 2.74. The van der Waals surface area contributed by atoms with Crippen molar-refractivity contribution >= 4 is 31.6 Å². The summed E-state index contributed by atoms with van der Waals surface area (Å²) in [6.45, 7) is 6.05. The summed E-state index contributed by atoms with van der Waals surface area (Å²) in [6.07, 6.45) is 0. The molecule has 0 aliphatic carbocycles. The maximum absolute atomic E-state index is 13.0. The molecule has 4 nitrogen and oxygen atoms in total. The van der Waals surface area contributed by atoms with Gasteiger partial charge in [0.05, 0.1) is 10.6 Å². The molecule has 2 aromatic carbocycles. The number of hydrogen-bond acceptors (Lipinski definition) is 2. The van der Waals surface area contributed by atoms with E-state index in [0.717, 1.165) is 10.0 Å². The summed E-state index contributed by atoms with van der Waals surface area (Å²) in [7, 11) is -3.70. The van der Waals surface area contributed by atoms with Gasteiger partial charge in [0, 0.05) is 16.4 Å². The molecule has 0 atom stereocenters. The molecule has 1 aliphatic heterocycles. The lowest BCUT2D eigenvalue weighted by atomic mass is 9.87. The molecule has 0 saturated carbocycles. The second kappa shape index (κ2) is 5.24. The molecule has 0 fully saturated rings. The fraction of sp³-hybridized carbons (Fsp3) is 0.294. The largest absolute Gasteiger partial charge is 0.290 e. The number of aryl methyl sites for hydroxylation is 1. The summed E-state index contributed by atoms with van der Waals surface area (Å²) in [5.41, 5.74) is 1.84. The van der Waals surface area contributed by atoms with Crippen molar-refractivity contribution in [2.24, 2.45) is 0 Å². The van der Waals surface area contributed by atoms with Crippen LogP contribution in [0.3, 0.4) is 0 Å². The van der Waals surface area contributed by atoms with Crippen LogP contribution in [0.5, 0.6) is 5.75 Å². The lowest BCUT2D eigenvalue weighted by Gasteiger charge is -2.22. The first kappa shape index (κ1) is 16.3. The van der Waals surface area contributed by atoms with E-state index in [4.69, 9.17) is 0 Å². The Labute approximate surface area is 144 Å². The highest BCUT2D eigenvalue weighted by Gasteiger charge is 2.41. The van der Waals surface area contributed by atoms with Crippen molar-refractivity contribution in [1.82, 2.24) is 0 Å². The standard InChI is InChI=1S/C17H17BrNO3S/c1-11-8-13(5-7-16(11)20)23(21,22)19-10-17(2,3)14-9-12(18)4-6-15(14)19/h4-9H,10H2,1-3H3. The van der Waals surface area contributed by atoms with Gasteiger partial charge in [-0.2, -0.15) is 0 Å². The molecule has 1 radical (unpaired) electrons. The van der Waals surface area contributed by atoms with Crippen molar-refractivity contribution in [1.29, 1.82) is 0 Å². The van der Waals surface area contributed by atoms with Gasteiger partial charge in [0.25, 0.3) is 10.0 Å². The Morgan fingerprint density at radius 1 is 1.13 bits per heavy atom. The lowest BCUT2D eigenvalue weighted by molar-refractivity contribution is 0.351. The smallest absolute Gasteiger partial charge is 0.264 e. The molecule has 0 N–H and O–H groups in total. The summed E-state index contributed by atoms with van der Waals surface area (Å²) in [4.78, 5) is 0.154. The predicted octanol–water partition coefficient (Wildman–Crippen LogP) is 4.39. The highest BCUT2D eigenvalue weighted by molar-refractivity contribution is 9.10. The highest BCUT2D eigenvalue weighted by atomic mass is 79.9. The first-order valence-electron chi connectivity index (χ1n) is 7.23. The SMILES string of the molecule is Cc1cc(S(=O)(=O)N2CC(C)(C)c3cc(Br)ccc32)ccc1[O]. The molecule has 6 heteroatoms. The fourth-order valence-electron chi connectivity index (χ4n) is 2.92. The molecule has 1 aliphatic rings. The van der Waals surface area contributed by atoms with E-state index in [1.54, 1.807) is 6.92 Å². The van der Waals surface area contributed by atoms with E-state index in [0.29, 0.717) is 17.8 Å². The van der Waals surface area contributed by atoms with Crippen molar-refractivity contribution in [3.63, 3.8) is 0 Å². The molecule has 3 rings (SSSR count). The zero-order chi connectivity index (χ0) is 17.0. The van der Waals surface area contributed by atoms with Crippen LogP contribution < -0.4 is 4.31 Å². The van der Waals surface area contributed by atoms with Crippen LogP contribution in [0.15, 0.2) is 45.8 Å². The van der Waals surface area contributed by atoms with E-state index in [-0.39, 0.29) is 16.1 Å². The van der Waals surface area contributed by atoms with Gasteiger partial charge in [-0.3, -0.25) is 9.41 Å². The molecule has 0 bridgehead atoms. The number of sulfonamides is 1. The summed E-state index contributed by atoms with van der Waals surface area (Å²) < 4.78 is 28.5. The maximum atomic E-state index is 13.0. The topological polar surface area (TPSA) is 57.3 Å².